The van der Waals surface area contributed by atoms with Gasteiger partial charge in [0.15, 0.2) is 11.5 Å². The van der Waals surface area contributed by atoms with Crippen LogP contribution in [0.1, 0.15) is 37.3 Å². The van der Waals surface area contributed by atoms with Crippen LogP contribution in [0.2, 0.25) is 0 Å². The summed E-state index contributed by atoms with van der Waals surface area (Å²) in [5.74, 6) is 1.54. The van der Waals surface area contributed by atoms with E-state index in [9.17, 15) is 14.9 Å². The molecule has 1 aromatic rings. The molecule has 0 radical (unpaired) electrons. The van der Waals surface area contributed by atoms with E-state index in [-0.39, 0.29) is 35.1 Å². The van der Waals surface area contributed by atoms with Crippen LogP contribution in [0.25, 0.3) is 0 Å². The number of nitro groups is 1. The second kappa shape index (κ2) is 6.39. The number of amides is 1. The highest BCUT2D eigenvalue weighted by atomic mass is 16.6. The number of hydrogen-bond donors (Lipinski definition) is 0. The highest BCUT2D eigenvalue weighted by molar-refractivity contribution is 5.81. The maximum atomic E-state index is 12.9. The average Bonchev–Trinajstić information content (AvgIpc) is 2.98. The minimum absolute atomic E-state index is 0.0275. The largest absolute Gasteiger partial charge is 0.493 e. The fourth-order valence-electron chi connectivity index (χ4n) is 5.91. The van der Waals surface area contributed by atoms with Gasteiger partial charge in [0, 0.05) is 29.7 Å². The summed E-state index contributed by atoms with van der Waals surface area (Å²) in [6, 6.07) is 4.04. The quantitative estimate of drug-likeness (QED) is 0.598. The molecule has 0 N–H and O–H groups in total. The number of carbonyl (C=O) groups excluding carboxylic acids is 1. The zero-order valence-corrected chi connectivity index (χ0v) is 16.1. The molecule has 1 spiro atoms. The van der Waals surface area contributed by atoms with Gasteiger partial charge in [0.1, 0.15) is 0 Å². The molecule has 1 saturated carbocycles. The Kier molecular flexibility index (Phi) is 4.28. The molecular formula is C20H26N2O5. The lowest BCUT2D eigenvalue weighted by Crippen LogP contribution is -2.45. The smallest absolute Gasteiger partial charge is 0.223 e. The standard InChI is InChI=1S/C20H26N2O5/c1-12-10-20-15-8-18(27-3)17(26-2)7-13(15)5-4-6-21(20)19(23)9-16(20)14(12)11-22(24)25/h7-8,12,14,16H,4-6,9-11H2,1-3H3/t12-,14+,16?,20-/m0/s1. The first-order chi connectivity index (χ1) is 12.9. The van der Waals surface area contributed by atoms with Crippen molar-refractivity contribution in [3.05, 3.63) is 33.4 Å². The Hall–Kier alpha value is -2.31. The Bertz CT molecular complexity index is 795. The zero-order valence-electron chi connectivity index (χ0n) is 16.1. The van der Waals surface area contributed by atoms with E-state index >= 15 is 0 Å². The number of hydrogen-bond acceptors (Lipinski definition) is 5. The molecule has 2 fully saturated rings. The van der Waals surface area contributed by atoms with Crippen molar-refractivity contribution in [3.63, 3.8) is 0 Å². The van der Waals surface area contributed by atoms with Crippen LogP contribution in [-0.4, -0.2) is 43.0 Å². The fourth-order valence-corrected chi connectivity index (χ4v) is 5.91. The maximum Gasteiger partial charge on any atom is 0.223 e. The van der Waals surface area contributed by atoms with Crippen LogP contribution in [0.4, 0.5) is 0 Å². The van der Waals surface area contributed by atoms with Crippen molar-refractivity contribution in [1.29, 1.82) is 0 Å². The molecule has 4 atom stereocenters. The molecule has 2 aliphatic heterocycles. The molecule has 7 nitrogen and oxygen atoms in total. The lowest BCUT2D eigenvalue weighted by atomic mass is 9.76. The normalized spacial score (nSPS) is 31.7. The van der Waals surface area contributed by atoms with Crippen LogP contribution < -0.4 is 9.47 Å². The predicted molar refractivity (Wildman–Crippen MR) is 98.5 cm³/mol. The van der Waals surface area contributed by atoms with E-state index in [1.54, 1.807) is 14.2 Å². The van der Waals surface area contributed by atoms with Crippen LogP contribution in [0, 0.1) is 27.9 Å². The first-order valence-corrected chi connectivity index (χ1v) is 9.60. The van der Waals surface area contributed by atoms with E-state index in [4.69, 9.17) is 9.47 Å². The van der Waals surface area contributed by atoms with Gasteiger partial charge >= 0.3 is 0 Å². The van der Waals surface area contributed by atoms with Gasteiger partial charge in [0.05, 0.1) is 19.8 Å². The van der Waals surface area contributed by atoms with Crippen LogP contribution in [0.5, 0.6) is 11.5 Å². The summed E-state index contributed by atoms with van der Waals surface area (Å²) in [6.07, 6.45) is 2.92. The molecule has 7 heteroatoms. The van der Waals surface area contributed by atoms with E-state index < -0.39 is 5.54 Å². The van der Waals surface area contributed by atoms with Gasteiger partial charge in [-0.25, -0.2) is 0 Å². The van der Waals surface area contributed by atoms with Gasteiger partial charge in [-0.15, -0.1) is 0 Å². The van der Waals surface area contributed by atoms with Gasteiger partial charge in [-0.1, -0.05) is 6.92 Å². The highest BCUT2D eigenvalue weighted by Gasteiger charge is 2.63. The number of aryl methyl sites for hydroxylation is 1. The van der Waals surface area contributed by atoms with E-state index in [2.05, 4.69) is 6.92 Å². The van der Waals surface area contributed by atoms with Gasteiger partial charge in [-0.05, 0) is 48.4 Å². The first-order valence-electron chi connectivity index (χ1n) is 9.60. The molecule has 3 aliphatic rings. The van der Waals surface area contributed by atoms with Crippen molar-refractivity contribution < 1.29 is 19.2 Å². The summed E-state index contributed by atoms with van der Waals surface area (Å²) >= 11 is 0. The number of benzene rings is 1. The van der Waals surface area contributed by atoms with Crippen molar-refractivity contribution >= 4 is 5.91 Å². The van der Waals surface area contributed by atoms with Crippen molar-refractivity contribution in [3.8, 4) is 11.5 Å². The van der Waals surface area contributed by atoms with Crippen molar-refractivity contribution in [2.75, 3.05) is 27.3 Å². The van der Waals surface area contributed by atoms with E-state index in [0.717, 1.165) is 24.8 Å². The lowest BCUT2D eigenvalue weighted by molar-refractivity contribution is -0.491. The molecule has 1 saturated heterocycles. The summed E-state index contributed by atoms with van der Waals surface area (Å²) in [7, 11) is 3.23. The second-order valence-electron chi connectivity index (χ2n) is 8.11. The minimum atomic E-state index is -0.456. The topological polar surface area (TPSA) is 81.9 Å². The van der Waals surface area contributed by atoms with Gasteiger partial charge in [0.2, 0.25) is 12.5 Å². The Morgan fingerprint density at radius 2 is 2.00 bits per heavy atom. The van der Waals surface area contributed by atoms with Gasteiger partial charge < -0.3 is 14.4 Å². The lowest BCUT2D eigenvalue weighted by Gasteiger charge is -2.39. The van der Waals surface area contributed by atoms with Crippen LogP contribution in [0.3, 0.4) is 0 Å². The number of ether oxygens (including phenoxy) is 2. The molecule has 27 heavy (non-hydrogen) atoms. The van der Waals surface area contributed by atoms with Crippen molar-refractivity contribution in [2.45, 2.75) is 38.1 Å². The zero-order chi connectivity index (χ0) is 19.3. The Balaban J connectivity index is 1.90. The van der Waals surface area contributed by atoms with Crippen LogP contribution in [0.15, 0.2) is 12.1 Å². The third-order valence-electron chi connectivity index (χ3n) is 6.94. The maximum absolute atomic E-state index is 12.9. The molecule has 2 heterocycles. The van der Waals surface area contributed by atoms with E-state index in [1.165, 1.54) is 5.56 Å². The third-order valence-corrected chi connectivity index (χ3v) is 6.94. The number of fused-ring (bicyclic) bond motifs is 1. The average molecular weight is 374 g/mol. The van der Waals surface area contributed by atoms with Crippen LogP contribution in [-0.2, 0) is 16.8 Å². The van der Waals surface area contributed by atoms with E-state index in [1.807, 2.05) is 17.0 Å². The third kappa shape index (κ3) is 2.51. The summed E-state index contributed by atoms with van der Waals surface area (Å²) in [5.41, 5.74) is 1.82. The number of rotatable bonds is 4. The molecule has 4 rings (SSSR count). The Labute approximate surface area is 158 Å². The number of carbonyl (C=O) groups is 1. The second-order valence-corrected chi connectivity index (χ2v) is 8.11. The Morgan fingerprint density at radius 1 is 1.30 bits per heavy atom. The summed E-state index contributed by atoms with van der Waals surface area (Å²) in [4.78, 5) is 26.0. The summed E-state index contributed by atoms with van der Waals surface area (Å²) in [5, 5.41) is 11.3. The fraction of sp³-hybridized carbons (Fsp3) is 0.650. The molecule has 0 aromatic heterocycles. The molecule has 0 bridgehead atoms. The van der Waals surface area contributed by atoms with Crippen LogP contribution >= 0.6 is 0 Å². The molecule has 1 unspecified atom stereocenters. The SMILES string of the molecule is COc1cc2c(cc1OC)[C@@]13C[C@H](C)[C@@H](C[N+](=O)[O-])C1CC(=O)N3CCC2. The van der Waals surface area contributed by atoms with Gasteiger partial charge in [-0.2, -0.15) is 0 Å². The number of nitrogens with zero attached hydrogens (tertiary/aromatic N) is 2. The van der Waals surface area contributed by atoms with Gasteiger partial charge in [-0.3, -0.25) is 14.9 Å². The van der Waals surface area contributed by atoms with E-state index in [0.29, 0.717) is 24.5 Å². The van der Waals surface area contributed by atoms with Crippen molar-refractivity contribution in [2.24, 2.45) is 17.8 Å². The monoisotopic (exact) mass is 374 g/mol. The summed E-state index contributed by atoms with van der Waals surface area (Å²) in [6.45, 7) is 2.72. The molecule has 1 amide bonds. The highest BCUT2D eigenvalue weighted by Crippen LogP contribution is 2.61. The Morgan fingerprint density at radius 3 is 2.67 bits per heavy atom. The molecule has 1 aliphatic carbocycles. The molecule has 146 valence electrons. The van der Waals surface area contributed by atoms with Crippen molar-refractivity contribution in [1.82, 2.24) is 4.90 Å². The molecule has 1 aromatic carbocycles. The first kappa shape index (κ1) is 18.1. The van der Waals surface area contributed by atoms with Gasteiger partial charge in [0.25, 0.3) is 0 Å². The predicted octanol–water partition coefficient (Wildman–Crippen LogP) is 2.63. The minimum Gasteiger partial charge on any atom is -0.493 e. The summed E-state index contributed by atoms with van der Waals surface area (Å²) < 4.78 is 11.0. The number of methoxy groups -OCH3 is 2. The molecular weight excluding hydrogens is 348 g/mol.